The molecule has 0 aliphatic carbocycles. The zero-order valence-corrected chi connectivity index (χ0v) is 8.59. The van der Waals surface area contributed by atoms with Gasteiger partial charge in [-0.25, -0.2) is 0 Å². The molecular formula is C9H19NO3. The van der Waals surface area contributed by atoms with E-state index in [4.69, 9.17) is 9.84 Å². The third-order valence-corrected chi connectivity index (χ3v) is 1.86. The SMILES string of the molecule is COCCC(C)(C)CNCC(=O)O. The van der Waals surface area contributed by atoms with E-state index >= 15 is 0 Å². The maximum atomic E-state index is 10.2. The molecular weight excluding hydrogens is 170 g/mol. The van der Waals surface area contributed by atoms with E-state index in [1.165, 1.54) is 0 Å². The van der Waals surface area contributed by atoms with E-state index in [9.17, 15) is 4.79 Å². The zero-order chi connectivity index (χ0) is 10.3. The predicted molar refractivity (Wildman–Crippen MR) is 50.8 cm³/mol. The number of nitrogens with one attached hydrogen (secondary N) is 1. The molecule has 0 aromatic heterocycles. The molecule has 0 amide bonds. The van der Waals surface area contributed by atoms with E-state index in [-0.39, 0.29) is 12.0 Å². The summed E-state index contributed by atoms with van der Waals surface area (Å²) >= 11 is 0. The molecule has 0 bridgehead atoms. The molecule has 0 aromatic rings. The van der Waals surface area contributed by atoms with E-state index in [1.807, 2.05) is 0 Å². The smallest absolute Gasteiger partial charge is 0.317 e. The molecule has 0 saturated carbocycles. The molecule has 78 valence electrons. The molecule has 0 aliphatic rings. The van der Waals surface area contributed by atoms with Crippen LogP contribution in [0.1, 0.15) is 20.3 Å². The van der Waals surface area contributed by atoms with Gasteiger partial charge < -0.3 is 15.2 Å². The Balaban J connectivity index is 3.56. The minimum Gasteiger partial charge on any atom is -0.480 e. The number of rotatable bonds is 7. The third kappa shape index (κ3) is 7.74. The van der Waals surface area contributed by atoms with Gasteiger partial charge in [0.05, 0.1) is 6.54 Å². The Kier molecular flexibility index (Phi) is 5.66. The molecule has 4 nitrogen and oxygen atoms in total. The van der Waals surface area contributed by atoms with Gasteiger partial charge in [-0.2, -0.15) is 0 Å². The molecule has 0 unspecified atom stereocenters. The highest BCUT2D eigenvalue weighted by Gasteiger charge is 2.16. The van der Waals surface area contributed by atoms with Gasteiger partial charge in [-0.3, -0.25) is 4.79 Å². The van der Waals surface area contributed by atoms with Crippen molar-refractivity contribution in [3.05, 3.63) is 0 Å². The number of hydrogen-bond donors (Lipinski definition) is 2. The van der Waals surface area contributed by atoms with E-state index in [1.54, 1.807) is 7.11 Å². The topological polar surface area (TPSA) is 58.6 Å². The number of methoxy groups -OCH3 is 1. The van der Waals surface area contributed by atoms with Crippen molar-refractivity contribution in [2.24, 2.45) is 5.41 Å². The van der Waals surface area contributed by atoms with Crippen molar-refractivity contribution in [1.82, 2.24) is 5.32 Å². The first-order valence-corrected chi connectivity index (χ1v) is 4.39. The van der Waals surface area contributed by atoms with Gasteiger partial charge in [-0.1, -0.05) is 13.8 Å². The Morgan fingerprint density at radius 2 is 2.15 bits per heavy atom. The summed E-state index contributed by atoms with van der Waals surface area (Å²) < 4.78 is 4.96. The Bertz CT molecular complexity index is 157. The second-order valence-corrected chi connectivity index (χ2v) is 3.90. The summed E-state index contributed by atoms with van der Waals surface area (Å²) in [5.41, 5.74) is 0.0888. The van der Waals surface area contributed by atoms with Crippen LogP contribution in [0.15, 0.2) is 0 Å². The monoisotopic (exact) mass is 189 g/mol. The molecule has 0 aliphatic heterocycles. The second-order valence-electron chi connectivity index (χ2n) is 3.90. The van der Waals surface area contributed by atoms with Crippen LogP contribution in [0, 0.1) is 5.41 Å². The lowest BCUT2D eigenvalue weighted by Gasteiger charge is -2.24. The normalized spacial score (nSPS) is 11.6. The number of carbonyl (C=O) groups is 1. The summed E-state index contributed by atoms with van der Waals surface area (Å²) in [6.45, 7) is 5.60. The van der Waals surface area contributed by atoms with Crippen molar-refractivity contribution in [2.75, 3.05) is 26.8 Å². The highest BCUT2D eigenvalue weighted by atomic mass is 16.5. The average molecular weight is 189 g/mol. The zero-order valence-electron chi connectivity index (χ0n) is 8.59. The molecule has 0 rings (SSSR count). The van der Waals surface area contributed by atoms with Gasteiger partial charge in [0, 0.05) is 20.3 Å². The van der Waals surface area contributed by atoms with Crippen LogP contribution in [0.4, 0.5) is 0 Å². The average Bonchev–Trinajstić information content (AvgIpc) is 2.00. The van der Waals surface area contributed by atoms with Gasteiger partial charge in [0.25, 0.3) is 0 Å². The van der Waals surface area contributed by atoms with Crippen LogP contribution in [-0.4, -0.2) is 37.9 Å². The fourth-order valence-corrected chi connectivity index (χ4v) is 0.975. The van der Waals surface area contributed by atoms with E-state index < -0.39 is 5.97 Å². The summed E-state index contributed by atoms with van der Waals surface area (Å²) in [6, 6.07) is 0. The molecule has 0 aromatic carbocycles. The van der Waals surface area contributed by atoms with Crippen LogP contribution >= 0.6 is 0 Å². The minimum atomic E-state index is -0.817. The standard InChI is InChI=1S/C9H19NO3/c1-9(2,4-5-13-3)7-10-6-8(11)12/h10H,4-7H2,1-3H3,(H,11,12). The Morgan fingerprint density at radius 3 is 2.62 bits per heavy atom. The first kappa shape index (κ1) is 12.4. The largest absolute Gasteiger partial charge is 0.480 e. The van der Waals surface area contributed by atoms with E-state index in [2.05, 4.69) is 19.2 Å². The minimum absolute atomic E-state index is 0.0242. The summed E-state index contributed by atoms with van der Waals surface area (Å²) in [5.74, 6) is -0.817. The van der Waals surface area contributed by atoms with Gasteiger partial charge in [0.1, 0.15) is 0 Å². The molecule has 0 spiro atoms. The van der Waals surface area contributed by atoms with Crippen molar-refractivity contribution in [3.8, 4) is 0 Å². The molecule has 13 heavy (non-hydrogen) atoms. The van der Waals surface area contributed by atoms with Crippen molar-refractivity contribution < 1.29 is 14.6 Å². The molecule has 0 atom stereocenters. The lowest BCUT2D eigenvalue weighted by molar-refractivity contribution is -0.136. The van der Waals surface area contributed by atoms with Crippen molar-refractivity contribution in [2.45, 2.75) is 20.3 Å². The molecule has 0 fully saturated rings. The number of carboxylic acids is 1. The summed E-state index contributed by atoms with van der Waals surface area (Å²) in [7, 11) is 1.67. The molecule has 0 saturated heterocycles. The Labute approximate surface area is 79.3 Å². The van der Waals surface area contributed by atoms with Gasteiger partial charge >= 0.3 is 5.97 Å². The molecule has 0 heterocycles. The highest BCUT2D eigenvalue weighted by molar-refractivity contribution is 5.68. The quantitative estimate of drug-likeness (QED) is 0.619. The molecule has 0 radical (unpaired) electrons. The van der Waals surface area contributed by atoms with Gasteiger partial charge in [0.2, 0.25) is 0 Å². The van der Waals surface area contributed by atoms with Crippen LogP contribution in [0.3, 0.4) is 0 Å². The fraction of sp³-hybridized carbons (Fsp3) is 0.889. The Hall–Kier alpha value is -0.610. The van der Waals surface area contributed by atoms with E-state index in [0.717, 1.165) is 6.42 Å². The van der Waals surface area contributed by atoms with Crippen LogP contribution in [-0.2, 0) is 9.53 Å². The van der Waals surface area contributed by atoms with Crippen molar-refractivity contribution >= 4 is 5.97 Å². The second kappa shape index (κ2) is 5.94. The van der Waals surface area contributed by atoms with Crippen LogP contribution in [0.2, 0.25) is 0 Å². The van der Waals surface area contributed by atoms with Crippen molar-refractivity contribution in [3.63, 3.8) is 0 Å². The van der Waals surface area contributed by atoms with Crippen LogP contribution in [0.25, 0.3) is 0 Å². The Morgan fingerprint density at radius 1 is 1.54 bits per heavy atom. The summed E-state index contributed by atoms with van der Waals surface area (Å²) in [5, 5.41) is 11.3. The van der Waals surface area contributed by atoms with Gasteiger partial charge in [0.15, 0.2) is 0 Å². The van der Waals surface area contributed by atoms with Crippen molar-refractivity contribution in [1.29, 1.82) is 0 Å². The number of carboxylic acid groups (broad SMARTS) is 1. The first-order chi connectivity index (χ1) is 5.98. The molecule has 2 N–H and O–H groups in total. The molecule has 4 heteroatoms. The number of ether oxygens (including phenoxy) is 1. The predicted octanol–water partition coefficient (Wildman–Crippen LogP) is 0.723. The third-order valence-electron chi connectivity index (χ3n) is 1.86. The first-order valence-electron chi connectivity index (χ1n) is 4.39. The van der Waals surface area contributed by atoms with Crippen LogP contribution < -0.4 is 5.32 Å². The lowest BCUT2D eigenvalue weighted by atomic mass is 9.90. The number of aliphatic carboxylic acids is 1. The maximum absolute atomic E-state index is 10.2. The fourth-order valence-electron chi connectivity index (χ4n) is 0.975. The van der Waals surface area contributed by atoms with Crippen LogP contribution in [0.5, 0.6) is 0 Å². The maximum Gasteiger partial charge on any atom is 0.317 e. The van der Waals surface area contributed by atoms with E-state index in [0.29, 0.717) is 13.2 Å². The van der Waals surface area contributed by atoms with Gasteiger partial charge in [-0.05, 0) is 11.8 Å². The van der Waals surface area contributed by atoms with Gasteiger partial charge in [-0.15, -0.1) is 0 Å². The highest BCUT2D eigenvalue weighted by Crippen LogP contribution is 2.18. The summed E-state index contributed by atoms with van der Waals surface area (Å²) in [4.78, 5) is 10.2. The summed E-state index contributed by atoms with van der Waals surface area (Å²) in [6.07, 6.45) is 0.927. The number of hydrogen-bond acceptors (Lipinski definition) is 3. The lowest BCUT2D eigenvalue weighted by Crippen LogP contribution is -2.33.